The van der Waals surface area contributed by atoms with Gasteiger partial charge in [-0.2, -0.15) is 13.2 Å². The number of hydrogen-bond donors (Lipinski definition) is 2. The second kappa shape index (κ2) is 7.82. The highest BCUT2D eigenvalue weighted by Gasteiger charge is 2.49. The number of benzene rings is 2. The van der Waals surface area contributed by atoms with Crippen LogP contribution in [0.15, 0.2) is 48.5 Å². The summed E-state index contributed by atoms with van der Waals surface area (Å²) < 4.78 is 46.3. The number of amides is 3. The van der Waals surface area contributed by atoms with Gasteiger partial charge < -0.3 is 15.8 Å². The second-order valence-corrected chi connectivity index (χ2v) is 6.24. The first-order valence-corrected chi connectivity index (χ1v) is 8.47. The van der Waals surface area contributed by atoms with Crippen LogP contribution in [-0.4, -0.2) is 36.5 Å². The zero-order valence-corrected chi connectivity index (χ0v) is 14.9. The molecule has 0 fully saturated rings. The number of para-hydroxylation sites is 3. The quantitative estimate of drug-likeness (QED) is 0.813. The van der Waals surface area contributed by atoms with Gasteiger partial charge in [-0.3, -0.25) is 19.3 Å². The number of fused-ring (bicyclic) bond motifs is 1. The summed E-state index contributed by atoms with van der Waals surface area (Å²) in [5, 5.41) is 2.37. The van der Waals surface area contributed by atoms with E-state index in [2.05, 4.69) is 5.32 Å². The van der Waals surface area contributed by atoms with Gasteiger partial charge in [0.15, 0.2) is 6.61 Å². The van der Waals surface area contributed by atoms with E-state index in [1.165, 1.54) is 48.5 Å². The predicted octanol–water partition coefficient (Wildman–Crippen LogP) is 2.47. The fraction of sp³-hybridized carbons (Fsp3) is 0.211. The maximum Gasteiger partial charge on any atom is 0.409 e. The van der Waals surface area contributed by atoms with Crippen LogP contribution in [0.1, 0.15) is 16.8 Å². The van der Waals surface area contributed by atoms with E-state index < -0.39 is 43.0 Å². The van der Waals surface area contributed by atoms with E-state index in [0.717, 1.165) is 0 Å². The monoisotopic (exact) mass is 407 g/mol. The number of primary amides is 1. The van der Waals surface area contributed by atoms with Gasteiger partial charge in [0, 0.05) is 0 Å². The van der Waals surface area contributed by atoms with Gasteiger partial charge in [-0.1, -0.05) is 24.3 Å². The molecular weight excluding hydrogens is 391 g/mol. The summed E-state index contributed by atoms with van der Waals surface area (Å²) in [4.78, 5) is 36.7. The van der Waals surface area contributed by atoms with Crippen LogP contribution in [0, 0.1) is 0 Å². The Labute approximate surface area is 163 Å². The van der Waals surface area contributed by atoms with E-state index >= 15 is 0 Å². The molecule has 29 heavy (non-hydrogen) atoms. The van der Waals surface area contributed by atoms with Crippen molar-refractivity contribution in [3.05, 3.63) is 54.1 Å². The fourth-order valence-electron chi connectivity index (χ4n) is 3.00. The molecule has 1 unspecified atom stereocenters. The van der Waals surface area contributed by atoms with Crippen molar-refractivity contribution in [1.29, 1.82) is 0 Å². The lowest BCUT2D eigenvalue weighted by molar-refractivity contribution is -0.158. The van der Waals surface area contributed by atoms with Gasteiger partial charge >= 0.3 is 6.18 Å². The number of rotatable bonds is 4. The zero-order chi connectivity index (χ0) is 21.2. The highest BCUT2D eigenvalue weighted by Crippen LogP contribution is 2.37. The molecule has 0 spiro atoms. The minimum Gasteiger partial charge on any atom is -0.483 e. The van der Waals surface area contributed by atoms with Gasteiger partial charge in [0.2, 0.25) is 5.91 Å². The molecule has 0 saturated heterocycles. The maximum absolute atomic E-state index is 13.7. The Hall–Kier alpha value is -3.56. The number of halogens is 3. The van der Waals surface area contributed by atoms with Crippen molar-refractivity contribution in [2.75, 3.05) is 16.8 Å². The summed E-state index contributed by atoms with van der Waals surface area (Å²) >= 11 is 0. The first-order chi connectivity index (χ1) is 13.7. The van der Waals surface area contributed by atoms with Crippen molar-refractivity contribution in [3.63, 3.8) is 0 Å². The molecule has 10 heteroatoms. The largest absolute Gasteiger partial charge is 0.483 e. The van der Waals surface area contributed by atoms with E-state index in [-0.39, 0.29) is 22.7 Å². The van der Waals surface area contributed by atoms with Crippen molar-refractivity contribution in [3.8, 4) is 5.75 Å². The second-order valence-electron chi connectivity index (χ2n) is 6.24. The van der Waals surface area contributed by atoms with Gasteiger partial charge in [0.05, 0.1) is 23.4 Å². The van der Waals surface area contributed by atoms with Crippen molar-refractivity contribution in [2.24, 2.45) is 5.73 Å². The van der Waals surface area contributed by atoms with Crippen LogP contribution in [0.3, 0.4) is 0 Å². The predicted molar refractivity (Wildman–Crippen MR) is 97.5 cm³/mol. The van der Waals surface area contributed by atoms with Crippen LogP contribution in [0.2, 0.25) is 0 Å². The molecule has 2 aromatic rings. The Balaban J connectivity index is 1.94. The van der Waals surface area contributed by atoms with E-state index in [9.17, 15) is 27.6 Å². The summed E-state index contributed by atoms with van der Waals surface area (Å²) in [6.07, 6.45) is -5.81. The van der Waals surface area contributed by atoms with E-state index in [0.29, 0.717) is 4.90 Å². The van der Waals surface area contributed by atoms with Crippen molar-refractivity contribution < 1.29 is 32.3 Å². The summed E-state index contributed by atoms with van der Waals surface area (Å²) in [6.45, 7) is -0.792. The maximum atomic E-state index is 13.7. The van der Waals surface area contributed by atoms with Crippen LogP contribution in [0.25, 0.3) is 0 Å². The van der Waals surface area contributed by atoms with Gasteiger partial charge in [-0.15, -0.1) is 0 Å². The third-order valence-electron chi connectivity index (χ3n) is 4.28. The Kier molecular flexibility index (Phi) is 5.44. The number of nitrogens with one attached hydrogen (secondary N) is 1. The lowest BCUT2D eigenvalue weighted by Crippen LogP contribution is -2.51. The minimum absolute atomic E-state index is 0.0132. The van der Waals surface area contributed by atoms with Crippen LogP contribution in [0.4, 0.5) is 24.5 Å². The smallest absolute Gasteiger partial charge is 0.409 e. The SMILES string of the molecule is NC(=O)c1ccccc1OCC(=O)N1c2ccccc2NC(=O)CC1C(F)(F)F. The lowest BCUT2D eigenvalue weighted by atomic mass is 10.1. The number of anilines is 2. The third-order valence-corrected chi connectivity index (χ3v) is 4.28. The molecule has 7 nitrogen and oxygen atoms in total. The van der Waals surface area contributed by atoms with Gasteiger partial charge in [-0.25, -0.2) is 0 Å². The van der Waals surface area contributed by atoms with Gasteiger partial charge in [0.1, 0.15) is 11.8 Å². The van der Waals surface area contributed by atoms with Crippen molar-refractivity contribution in [1.82, 2.24) is 0 Å². The third kappa shape index (κ3) is 4.31. The minimum atomic E-state index is -4.85. The first kappa shape index (κ1) is 20.2. The molecule has 0 aliphatic carbocycles. The van der Waals surface area contributed by atoms with Gasteiger partial charge in [-0.05, 0) is 24.3 Å². The molecule has 1 aliphatic rings. The lowest BCUT2D eigenvalue weighted by Gasteiger charge is -2.31. The van der Waals surface area contributed by atoms with Crippen molar-refractivity contribution >= 4 is 29.1 Å². The number of nitrogens with two attached hydrogens (primary N) is 1. The molecule has 2 aromatic carbocycles. The normalized spacial score (nSPS) is 16.4. The summed E-state index contributed by atoms with van der Waals surface area (Å²) in [6, 6.07) is 9.09. The fourth-order valence-corrected chi connectivity index (χ4v) is 3.00. The Morgan fingerprint density at radius 3 is 2.48 bits per heavy atom. The molecular formula is C19H16F3N3O4. The topological polar surface area (TPSA) is 102 Å². The number of alkyl halides is 3. The summed E-state index contributed by atoms with van der Waals surface area (Å²) in [7, 11) is 0. The molecule has 1 atom stereocenters. The summed E-state index contributed by atoms with van der Waals surface area (Å²) in [5.74, 6) is -2.74. The molecule has 1 aliphatic heterocycles. The molecule has 1 heterocycles. The molecule has 0 radical (unpaired) electrons. The highest BCUT2D eigenvalue weighted by molar-refractivity contribution is 6.05. The van der Waals surface area contributed by atoms with Crippen molar-refractivity contribution in [2.45, 2.75) is 18.6 Å². The number of carbonyl (C=O) groups is 3. The Bertz CT molecular complexity index is 962. The molecule has 0 bridgehead atoms. The molecule has 3 amide bonds. The molecule has 0 saturated carbocycles. The van der Waals surface area contributed by atoms with Crippen LogP contribution < -0.4 is 20.7 Å². The van der Waals surface area contributed by atoms with Crippen LogP contribution >= 0.6 is 0 Å². The number of nitrogens with zero attached hydrogens (tertiary/aromatic N) is 1. The van der Waals surface area contributed by atoms with E-state index in [1.807, 2.05) is 0 Å². The standard InChI is InChI=1S/C19H16F3N3O4/c20-19(21,22)15-9-16(26)24-12-6-2-3-7-13(12)25(15)17(27)10-29-14-8-4-1-5-11(14)18(23)28/h1-8,15H,9-10H2,(H2,23,28)(H,24,26). The van der Waals surface area contributed by atoms with E-state index in [1.54, 1.807) is 0 Å². The van der Waals surface area contributed by atoms with Gasteiger partial charge in [0.25, 0.3) is 11.8 Å². The zero-order valence-electron chi connectivity index (χ0n) is 14.9. The first-order valence-electron chi connectivity index (χ1n) is 8.47. The Morgan fingerprint density at radius 2 is 1.79 bits per heavy atom. The van der Waals surface area contributed by atoms with E-state index in [4.69, 9.17) is 10.5 Å². The number of hydrogen-bond acceptors (Lipinski definition) is 4. The number of carbonyl (C=O) groups excluding carboxylic acids is 3. The van der Waals surface area contributed by atoms with Crippen LogP contribution in [-0.2, 0) is 9.59 Å². The Morgan fingerprint density at radius 1 is 1.14 bits per heavy atom. The number of ether oxygens (including phenoxy) is 1. The highest BCUT2D eigenvalue weighted by atomic mass is 19.4. The average molecular weight is 407 g/mol. The molecule has 152 valence electrons. The summed E-state index contributed by atoms with van der Waals surface area (Å²) in [5.41, 5.74) is 5.20. The molecule has 3 N–H and O–H groups in total. The molecule has 0 aromatic heterocycles. The average Bonchev–Trinajstić information content (AvgIpc) is 2.81. The molecule has 3 rings (SSSR count). The van der Waals surface area contributed by atoms with Crippen LogP contribution in [0.5, 0.6) is 5.75 Å².